The number of hydrogen-bond donors (Lipinski definition) is 3. The second kappa shape index (κ2) is 10.5. The van der Waals surface area contributed by atoms with Crippen LogP contribution in [0.15, 0.2) is 73.1 Å². The summed E-state index contributed by atoms with van der Waals surface area (Å²) in [6, 6.07) is 18.0. The van der Waals surface area contributed by atoms with Crippen LogP contribution < -0.4 is 16.0 Å². The van der Waals surface area contributed by atoms with Crippen molar-refractivity contribution in [3.05, 3.63) is 78.6 Å². The fourth-order valence-corrected chi connectivity index (χ4v) is 2.99. The zero-order chi connectivity index (χ0) is 23.8. The van der Waals surface area contributed by atoms with Gasteiger partial charge in [-0.25, -0.2) is 4.79 Å². The van der Waals surface area contributed by atoms with Crippen LogP contribution in [0, 0.1) is 0 Å². The molecular formula is C25H28N4O4. The lowest BCUT2D eigenvalue weighted by Gasteiger charge is -2.19. The van der Waals surface area contributed by atoms with Crippen LogP contribution in [0.25, 0.3) is 5.69 Å². The Hall–Kier alpha value is -4.07. The highest BCUT2D eigenvalue weighted by Crippen LogP contribution is 2.22. The Bertz CT molecular complexity index is 1100. The van der Waals surface area contributed by atoms with E-state index in [1.807, 2.05) is 41.2 Å². The molecule has 1 aromatic heterocycles. The van der Waals surface area contributed by atoms with Gasteiger partial charge in [-0.15, -0.1) is 0 Å². The molecule has 0 aliphatic heterocycles. The number of amides is 3. The number of para-hydroxylation sites is 2. The van der Waals surface area contributed by atoms with Crippen molar-refractivity contribution < 1.29 is 19.1 Å². The second-order valence-electron chi connectivity index (χ2n) is 8.36. The molecule has 0 unspecified atom stereocenters. The van der Waals surface area contributed by atoms with E-state index in [0.717, 1.165) is 5.69 Å². The first-order valence-electron chi connectivity index (χ1n) is 10.6. The number of benzene rings is 2. The molecule has 8 nitrogen and oxygen atoms in total. The van der Waals surface area contributed by atoms with Crippen molar-refractivity contribution in [3.63, 3.8) is 0 Å². The Morgan fingerprint density at radius 1 is 0.848 bits per heavy atom. The summed E-state index contributed by atoms with van der Waals surface area (Å²) in [4.78, 5) is 36.7. The van der Waals surface area contributed by atoms with Gasteiger partial charge in [0.1, 0.15) is 5.60 Å². The Labute approximate surface area is 192 Å². The predicted molar refractivity (Wildman–Crippen MR) is 128 cm³/mol. The van der Waals surface area contributed by atoms with Gasteiger partial charge >= 0.3 is 6.09 Å². The van der Waals surface area contributed by atoms with Crippen molar-refractivity contribution in [3.8, 4) is 5.69 Å². The quantitative estimate of drug-likeness (QED) is 0.492. The van der Waals surface area contributed by atoms with Crippen LogP contribution in [0.5, 0.6) is 0 Å². The Morgan fingerprint density at radius 2 is 1.45 bits per heavy atom. The van der Waals surface area contributed by atoms with E-state index in [2.05, 4.69) is 16.0 Å². The number of aromatic nitrogens is 1. The standard InChI is InChI=1S/C25H28N4O4/c1-25(2,3)33-24(32)26-15-14-22(30)27-20-8-4-5-9-21(20)28-23(31)18-10-12-19(13-11-18)29-16-6-7-17-29/h4-13,16-17H,14-15H2,1-3H3,(H,26,32)(H,27,30)(H,28,31). The molecule has 0 radical (unpaired) electrons. The first-order valence-corrected chi connectivity index (χ1v) is 10.6. The van der Waals surface area contributed by atoms with Crippen LogP contribution in [0.1, 0.15) is 37.6 Å². The Kier molecular flexibility index (Phi) is 7.50. The summed E-state index contributed by atoms with van der Waals surface area (Å²) in [6.07, 6.45) is 3.34. The molecule has 1 heterocycles. The number of carbonyl (C=O) groups is 3. The minimum Gasteiger partial charge on any atom is -0.444 e. The third kappa shape index (κ3) is 7.24. The van der Waals surface area contributed by atoms with Gasteiger partial charge in [0, 0.05) is 36.6 Å². The van der Waals surface area contributed by atoms with Gasteiger partial charge in [0.25, 0.3) is 5.91 Å². The topological polar surface area (TPSA) is 101 Å². The van der Waals surface area contributed by atoms with E-state index >= 15 is 0 Å². The lowest BCUT2D eigenvalue weighted by Crippen LogP contribution is -2.34. The number of hydrogen-bond acceptors (Lipinski definition) is 4. The molecule has 3 rings (SSSR count). The summed E-state index contributed by atoms with van der Waals surface area (Å²) in [7, 11) is 0. The van der Waals surface area contributed by atoms with Crippen molar-refractivity contribution in [1.82, 2.24) is 9.88 Å². The van der Waals surface area contributed by atoms with Crippen LogP contribution >= 0.6 is 0 Å². The lowest BCUT2D eigenvalue weighted by molar-refractivity contribution is -0.116. The summed E-state index contributed by atoms with van der Waals surface area (Å²) in [5, 5.41) is 8.15. The van der Waals surface area contributed by atoms with Crippen molar-refractivity contribution in [2.24, 2.45) is 0 Å². The number of rotatable bonds is 7. The first-order chi connectivity index (χ1) is 15.7. The summed E-state index contributed by atoms with van der Waals surface area (Å²) in [5.74, 6) is -0.591. The molecular weight excluding hydrogens is 420 g/mol. The number of alkyl carbamates (subject to hydrolysis) is 1. The normalized spacial score (nSPS) is 10.9. The first kappa shape index (κ1) is 23.6. The van der Waals surface area contributed by atoms with Gasteiger partial charge in [-0.2, -0.15) is 0 Å². The largest absolute Gasteiger partial charge is 0.444 e. The van der Waals surface area contributed by atoms with E-state index in [1.165, 1.54) is 0 Å². The fourth-order valence-electron chi connectivity index (χ4n) is 2.99. The van der Waals surface area contributed by atoms with Crippen LogP contribution in [-0.2, 0) is 9.53 Å². The monoisotopic (exact) mass is 448 g/mol. The minimum absolute atomic E-state index is 0.0579. The molecule has 3 N–H and O–H groups in total. The van der Waals surface area contributed by atoms with Gasteiger partial charge < -0.3 is 25.3 Å². The molecule has 0 fully saturated rings. The fraction of sp³-hybridized carbons (Fsp3) is 0.240. The van der Waals surface area contributed by atoms with E-state index < -0.39 is 11.7 Å². The Balaban J connectivity index is 1.56. The highest BCUT2D eigenvalue weighted by Gasteiger charge is 2.16. The molecule has 0 saturated carbocycles. The third-order valence-corrected chi connectivity index (χ3v) is 4.50. The van der Waals surface area contributed by atoms with Crippen LogP contribution in [0.3, 0.4) is 0 Å². The molecule has 0 saturated heterocycles. The number of ether oxygens (including phenoxy) is 1. The highest BCUT2D eigenvalue weighted by molar-refractivity contribution is 6.07. The van der Waals surface area contributed by atoms with Crippen LogP contribution in [0.4, 0.5) is 16.2 Å². The van der Waals surface area contributed by atoms with Crippen molar-refractivity contribution in [2.45, 2.75) is 32.8 Å². The lowest BCUT2D eigenvalue weighted by atomic mass is 10.1. The third-order valence-electron chi connectivity index (χ3n) is 4.50. The van der Waals surface area contributed by atoms with E-state index in [9.17, 15) is 14.4 Å². The average molecular weight is 449 g/mol. The van der Waals surface area contributed by atoms with Crippen molar-refractivity contribution in [2.75, 3.05) is 17.2 Å². The Morgan fingerprint density at radius 3 is 2.06 bits per heavy atom. The number of carbonyl (C=O) groups excluding carboxylic acids is 3. The van der Waals surface area contributed by atoms with Gasteiger partial charge in [-0.1, -0.05) is 12.1 Å². The summed E-state index contributed by atoms with van der Waals surface area (Å²) in [5.41, 5.74) is 1.78. The SMILES string of the molecule is CC(C)(C)OC(=O)NCCC(=O)Nc1ccccc1NC(=O)c1ccc(-n2cccc2)cc1. The van der Waals surface area contributed by atoms with E-state index in [0.29, 0.717) is 16.9 Å². The van der Waals surface area contributed by atoms with Gasteiger partial charge in [-0.05, 0) is 69.3 Å². The van der Waals surface area contributed by atoms with Crippen molar-refractivity contribution in [1.29, 1.82) is 0 Å². The number of nitrogens with zero attached hydrogens (tertiary/aromatic N) is 1. The highest BCUT2D eigenvalue weighted by atomic mass is 16.6. The summed E-state index contributed by atoms with van der Waals surface area (Å²) < 4.78 is 7.09. The maximum atomic E-state index is 12.7. The van der Waals surface area contributed by atoms with Gasteiger partial charge in [-0.3, -0.25) is 9.59 Å². The molecule has 172 valence electrons. The van der Waals surface area contributed by atoms with E-state index in [-0.39, 0.29) is 24.8 Å². The molecule has 0 aliphatic rings. The van der Waals surface area contributed by atoms with Crippen LogP contribution in [0.2, 0.25) is 0 Å². The zero-order valence-corrected chi connectivity index (χ0v) is 18.9. The molecule has 0 aliphatic carbocycles. The van der Waals surface area contributed by atoms with Gasteiger partial charge in [0.05, 0.1) is 11.4 Å². The van der Waals surface area contributed by atoms with E-state index in [4.69, 9.17) is 4.74 Å². The molecule has 0 spiro atoms. The number of anilines is 2. The molecule has 33 heavy (non-hydrogen) atoms. The average Bonchev–Trinajstić information content (AvgIpc) is 3.29. The predicted octanol–water partition coefficient (Wildman–Crippen LogP) is 4.58. The molecule has 3 aromatic rings. The molecule has 3 amide bonds. The second-order valence-corrected chi connectivity index (χ2v) is 8.36. The van der Waals surface area contributed by atoms with Crippen molar-refractivity contribution >= 4 is 29.3 Å². The maximum absolute atomic E-state index is 12.7. The van der Waals surface area contributed by atoms with Gasteiger partial charge in [0.15, 0.2) is 0 Å². The van der Waals surface area contributed by atoms with Crippen LogP contribution in [-0.4, -0.2) is 34.6 Å². The molecule has 8 heteroatoms. The maximum Gasteiger partial charge on any atom is 0.407 e. The van der Waals surface area contributed by atoms with E-state index in [1.54, 1.807) is 57.2 Å². The minimum atomic E-state index is -0.605. The van der Waals surface area contributed by atoms with Gasteiger partial charge in [0.2, 0.25) is 5.91 Å². The smallest absolute Gasteiger partial charge is 0.407 e. The summed E-state index contributed by atoms with van der Waals surface area (Å²) in [6.45, 7) is 5.42. The molecule has 0 atom stereocenters. The number of nitrogens with one attached hydrogen (secondary N) is 3. The molecule has 2 aromatic carbocycles. The summed E-state index contributed by atoms with van der Waals surface area (Å²) >= 11 is 0. The zero-order valence-electron chi connectivity index (χ0n) is 18.9. The molecule has 0 bridgehead atoms.